The Morgan fingerprint density at radius 3 is 2.80 bits per heavy atom. The summed E-state index contributed by atoms with van der Waals surface area (Å²) >= 11 is 0. The molecule has 2 aromatic rings. The van der Waals surface area contributed by atoms with Crippen LogP contribution >= 0.6 is 0 Å². The zero-order chi connectivity index (χ0) is 10.7. The second kappa shape index (κ2) is 4.23. The Hall–Kier alpha value is -1.68. The van der Waals surface area contributed by atoms with Gasteiger partial charge in [0.05, 0.1) is 18.0 Å². The Balaban J connectivity index is 2.60. The summed E-state index contributed by atoms with van der Waals surface area (Å²) in [5.41, 5.74) is 6.37. The molecular formula is C11H13N3O. The van der Waals surface area contributed by atoms with Crippen molar-refractivity contribution in [2.45, 2.75) is 6.42 Å². The predicted molar refractivity (Wildman–Crippen MR) is 58.8 cm³/mol. The van der Waals surface area contributed by atoms with E-state index in [1.807, 2.05) is 24.3 Å². The average molecular weight is 203 g/mol. The number of fused-ring (bicyclic) bond motifs is 1. The zero-order valence-electron chi connectivity index (χ0n) is 8.60. The molecule has 0 atom stereocenters. The number of rotatable bonds is 3. The first kappa shape index (κ1) is 9.86. The number of ether oxygens (including phenoxy) is 1. The second-order valence-corrected chi connectivity index (χ2v) is 3.20. The number of aromatic nitrogens is 2. The van der Waals surface area contributed by atoms with E-state index in [0.717, 1.165) is 16.7 Å². The highest BCUT2D eigenvalue weighted by atomic mass is 16.5. The van der Waals surface area contributed by atoms with Gasteiger partial charge < -0.3 is 10.5 Å². The molecule has 0 aliphatic rings. The molecule has 0 saturated carbocycles. The van der Waals surface area contributed by atoms with Gasteiger partial charge in [0.15, 0.2) is 0 Å². The maximum absolute atomic E-state index is 5.48. The van der Waals surface area contributed by atoms with E-state index in [1.165, 1.54) is 0 Å². The molecule has 4 nitrogen and oxygen atoms in total. The normalized spacial score (nSPS) is 10.5. The summed E-state index contributed by atoms with van der Waals surface area (Å²) < 4.78 is 5.22. The monoisotopic (exact) mass is 203 g/mol. The van der Waals surface area contributed by atoms with Crippen LogP contribution in [0, 0.1) is 0 Å². The van der Waals surface area contributed by atoms with E-state index in [2.05, 4.69) is 9.97 Å². The maximum atomic E-state index is 5.48. The van der Waals surface area contributed by atoms with Gasteiger partial charge in [-0.05, 0) is 18.7 Å². The highest BCUT2D eigenvalue weighted by Crippen LogP contribution is 2.21. The van der Waals surface area contributed by atoms with Gasteiger partial charge >= 0.3 is 0 Å². The molecule has 0 bridgehead atoms. The van der Waals surface area contributed by atoms with E-state index in [4.69, 9.17) is 10.5 Å². The highest BCUT2D eigenvalue weighted by molar-refractivity contribution is 5.83. The third-order valence-corrected chi connectivity index (χ3v) is 2.18. The van der Waals surface area contributed by atoms with Crippen molar-refractivity contribution in [3.05, 3.63) is 30.1 Å². The topological polar surface area (TPSA) is 61.0 Å². The molecule has 0 amide bonds. The summed E-state index contributed by atoms with van der Waals surface area (Å²) in [5, 5.41) is 0.931. The van der Waals surface area contributed by atoms with Crippen LogP contribution in [0.2, 0.25) is 0 Å². The molecule has 0 saturated heterocycles. The lowest BCUT2D eigenvalue weighted by Crippen LogP contribution is -2.07. The van der Waals surface area contributed by atoms with Crippen LogP contribution in [0.4, 0.5) is 0 Å². The third kappa shape index (κ3) is 1.89. The zero-order valence-corrected chi connectivity index (χ0v) is 8.60. The van der Waals surface area contributed by atoms with Gasteiger partial charge in [-0.2, -0.15) is 4.98 Å². The lowest BCUT2D eigenvalue weighted by atomic mass is 10.2. The maximum Gasteiger partial charge on any atom is 0.224 e. The minimum Gasteiger partial charge on any atom is -0.480 e. The first-order valence-corrected chi connectivity index (χ1v) is 4.85. The van der Waals surface area contributed by atoms with E-state index in [9.17, 15) is 0 Å². The van der Waals surface area contributed by atoms with Crippen LogP contribution in [0.15, 0.2) is 24.3 Å². The number of benzene rings is 1. The molecule has 0 aliphatic heterocycles. The number of nitrogens with two attached hydrogens (primary N) is 1. The van der Waals surface area contributed by atoms with Gasteiger partial charge in [0, 0.05) is 6.42 Å². The quantitative estimate of drug-likeness (QED) is 0.812. The predicted octanol–water partition coefficient (Wildman–Crippen LogP) is 1.14. The highest BCUT2D eigenvalue weighted by Gasteiger charge is 2.06. The fourth-order valence-electron chi connectivity index (χ4n) is 1.49. The molecule has 1 aromatic carbocycles. The van der Waals surface area contributed by atoms with Gasteiger partial charge in [-0.3, -0.25) is 0 Å². The molecular weight excluding hydrogens is 190 g/mol. The summed E-state index contributed by atoms with van der Waals surface area (Å²) in [6, 6.07) is 7.78. The number of hydrogen-bond donors (Lipinski definition) is 1. The van der Waals surface area contributed by atoms with Gasteiger partial charge in [-0.25, -0.2) is 4.98 Å². The lowest BCUT2D eigenvalue weighted by molar-refractivity contribution is 0.400. The van der Waals surface area contributed by atoms with Crippen molar-refractivity contribution < 1.29 is 4.74 Å². The van der Waals surface area contributed by atoms with Crippen LogP contribution in [0.3, 0.4) is 0 Å². The van der Waals surface area contributed by atoms with Crippen molar-refractivity contribution in [2.24, 2.45) is 5.73 Å². The van der Waals surface area contributed by atoms with Crippen molar-refractivity contribution in [3.63, 3.8) is 0 Å². The van der Waals surface area contributed by atoms with E-state index in [-0.39, 0.29) is 0 Å². The van der Waals surface area contributed by atoms with Crippen molar-refractivity contribution in [1.82, 2.24) is 9.97 Å². The molecule has 2 N–H and O–H groups in total. The van der Waals surface area contributed by atoms with Gasteiger partial charge in [-0.15, -0.1) is 0 Å². The Kier molecular flexibility index (Phi) is 2.78. The Bertz CT molecular complexity index is 470. The van der Waals surface area contributed by atoms with Gasteiger partial charge in [0.25, 0.3) is 0 Å². The van der Waals surface area contributed by atoms with E-state index in [0.29, 0.717) is 18.8 Å². The number of nitrogens with zero attached hydrogens (tertiary/aromatic N) is 2. The smallest absolute Gasteiger partial charge is 0.224 e. The number of para-hydroxylation sites is 1. The van der Waals surface area contributed by atoms with Crippen LogP contribution in [0.1, 0.15) is 5.82 Å². The van der Waals surface area contributed by atoms with Crippen LogP contribution in [0.5, 0.6) is 5.88 Å². The second-order valence-electron chi connectivity index (χ2n) is 3.20. The van der Waals surface area contributed by atoms with Crippen LogP contribution in [-0.2, 0) is 6.42 Å². The summed E-state index contributed by atoms with van der Waals surface area (Å²) in [6.07, 6.45) is 0.668. The minimum atomic E-state index is 0.543. The molecule has 0 unspecified atom stereocenters. The first-order valence-electron chi connectivity index (χ1n) is 4.85. The van der Waals surface area contributed by atoms with Crippen LogP contribution in [-0.4, -0.2) is 23.6 Å². The summed E-state index contributed by atoms with van der Waals surface area (Å²) in [5.74, 6) is 1.34. The summed E-state index contributed by atoms with van der Waals surface area (Å²) in [4.78, 5) is 8.70. The standard InChI is InChI=1S/C11H13N3O/c1-15-11-8-4-2-3-5-9(8)13-10(14-11)6-7-12/h2-5H,6-7,12H2,1H3. The SMILES string of the molecule is COc1nc(CCN)nc2ccccc12. The lowest BCUT2D eigenvalue weighted by Gasteiger charge is -2.06. The molecule has 0 aliphatic carbocycles. The van der Waals surface area contributed by atoms with Crippen LogP contribution in [0.25, 0.3) is 10.9 Å². The molecule has 0 spiro atoms. The van der Waals surface area contributed by atoms with Gasteiger partial charge in [0.1, 0.15) is 5.82 Å². The number of hydrogen-bond acceptors (Lipinski definition) is 4. The molecule has 1 heterocycles. The van der Waals surface area contributed by atoms with Crippen molar-refractivity contribution in [1.29, 1.82) is 0 Å². The molecule has 78 valence electrons. The molecule has 15 heavy (non-hydrogen) atoms. The van der Waals surface area contributed by atoms with Crippen molar-refractivity contribution in [2.75, 3.05) is 13.7 Å². The van der Waals surface area contributed by atoms with Crippen molar-refractivity contribution >= 4 is 10.9 Å². The van der Waals surface area contributed by atoms with Gasteiger partial charge in [-0.1, -0.05) is 12.1 Å². The fraction of sp³-hybridized carbons (Fsp3) is 0.273. The first-order chi connectivity index (χ1) is 7.35. The van der Waals surface area contributed by atoms with Crippen molar-refractivity contribution in [3.8, 4) is 5.88 Å². The molecule has 2 rings (SSSR count). The Morgan fingerprint density at radius 1 is 1.27 bits per heavy atom. The largest absolute Gasteiger partial charge is 0.480 e. The molecule has 0 radical (unpaired) electrons. The van der Waals surface area contributed by atoms with E-state index < -0.39 is 0 Å². The van der Waals surface area contributed by atoms with E-state index >= 15 is 0 Å². The Morgan fingerprint density at radius 2 is 2.07 bits per heavy atom. The molecule has 4 heteroatoms. The Labute approximate surface area is 88.1 Å². The third-order valence-electron chi connectivity index (χ3n) is 2.18. The van der Waals surface area contributed by atoms with Gasteiger partial charge in [0.2, 0.25) is 5.88 Å². The van der Waals surface area contributed by atoms with E-state index in [1.54, 1.807) is 7.11 Å². The fourth-order valence-corrected chi connectivity index (χ4v) is 1.49. The molecule has 0 fully saturated rings. The summed E-state index contributed by atoms with van der Waals surface area (Å²) in [6.45, 7) is 0.543. The molecule has 1 aromatic heterocycles. The summed E-state index contributed by atoms with van der Waals surface area (Å²) in [7, 11) is 1.61. The average Bonchev–Trinajstić information content (AvgIpc) is 2.28. The van der Waals surface area contributed by atoms with Crippen LogP contribution < -0.4 is 10.5 Å². The minimum absolute atomic E-state index is 0.543. The number of methoxy groups -OCH3 is 1.